The number of aromatic nitrogens is 4. The lowest BCUT2D eigenvalue weighted by atomic mass is 10.2. The van der Waals surface area contributed by atoms with Crippen LogP contribution in [0.3, 0.4) is 0 Å². The van der Waals surface area contributed by atoms with Crippen molar-refractivity contribution in [3.63, 3.8) is 0 Å². The number of nitrogens with zero attached hydrogens (tertiary/aromatic N) is 3. The van der Waals surface area contributed by atoms with E-state index in [1.165, 1.54) is 6.20 Å². The summed E-state index contributed by atoms with van der Waals surface area (Å²) in [6, 6.07) is 3.38. The van der Waals surface area contributed by atoms with Crippen molar-refractivity contribution in [2.45, 2.75) is 26.4 Å². The fraction of sp³-hybridized carbons (Fsp3) is 0.429. The molecule has 0 fully saturated rings. The third-order valence-electron chi connectivity index (χ3n) is 2.96. The summed E-state index contributed by atoms with van der Waals surface area (Å²) in [5.41, 5.74) is 0.492. The van der Waals surface area contributed by atoms with Gasteiger partial charge in [0.1, 0.15) is 5.82 Å². The van der Waals surface area contributed by atoms with Crippen LogP contribution in [0.4, 0.5) is 0 Å². The van der Waals surface area contributed by atoms with E-state index in [-0.39, 0.29) is 12.0 Å². The maximum Gasteiger partial charge on any atom is 0.252 e. The molecule has 2 aromatic rings. The van der Waals surface area contributed by atoms with Gasteiger partial charge in [-0.05, 0) is 32.1 Å². The molecule has 7 nitrogen and oxygen atoms in total. The minimum absolute atomic E-state index is 0.0519. The maximum atomic E-state index is 12.0. The van der Waals surface area contributed by atoms with E-state index in [0.717, 1.165) is 5.82 Å². The first-order chi connectivity index (χ1) is 10.5. The Morgan fingerprint density at radius 1 is 1.50 bits per heavy atom. The van der Waals surface area contributed by atoms with Crippen LogP contribution in [0.15, 0.2) is 18.3 Å². The monoisotopic (exact) mass is 321 g/mol. The quantitative estimate of drug-likeness (QED) is 0.790. The SMILES string of the molecule is CC(C)Oc1ccc(C(=O)NCCc2n[nH]c(=S)n2C)cn1. The van der Waals surface area contributed by atoms with Crippen LogP contribution >= 0.6 is 12.2 Å². The number of ether oxygens (including phenoxy) is 1. The maximum absolute atomic E-state index is 12.0. The molecule has 0 saturated heterocycles. The second-order valence-corrected chi connectivity index (χ2v) is 5.45. The minimum atomic E-state index is -0.180. The lowest BCUT2D eigenvalue weighted by molar-refractivity contribution is 0.0953. The first kappa shape index (κ1) is 16.2. The van der Waals surface area contributed by atoms with Gasteiger partial charge in [0, 0.05) is 32.3 Å². The molecule has 0 atom stereocenters. The van der Waals surface area contributed by atoms with Gasteiger partial charge in [-0.25, -0.2) is 4.98 Å². The molecule has 0 aliphatic rings. The number of nitrogens with one attached hydrogen (secondary N) is 2. The molecule has 2 heterocycles. The van der Waals surface area contributed by atoms with E-state index in [2.05, 4.69) is 20.5 Å². The highest BCUT2D eigenvalue weighted by atomic mass is 32.1. The molecule has 22 heavy (non-hydrogen) atoms. The number of hydrogen-bond acceptors (Lipinski definition) is 5. The highest BCUT2D eigenvalue weighted by Gasteiger charge is 2.08. The molecule has 8 heteroatoms. The van der Waals surface area contributed by atoms with Gasteiger partial charge in [-0.3, -0.25) is 9.89 Å². The molecule has 0 aliphatic heterocycles. The predicted octanol–water partition coefficient (Wildman–Crippen LogP) is 1.63. The zero-order valence-corrected chi connectivity index (χ0v) is 13.6. The van der Waals surface area contributed by atoms with Crippen LogP contribution in [-0.4, -0.2) is 38.3 Å². The van der Waals surface area contributed by atoms with Crippen LogP contribution in [0.25, 0.3) is 0 Å². The molecule has 2 rings (SSSR count). The topological polar surface area (TPSA) is 84.8 Å². The van der Waals surface area contributed by atoms with Crippen molar-refractivity contribution in [3.05, 3.63) is 34.5 Å². The van der Waals surface area contributed by atoms with Crippen molar-refractivity contribution in [2.24, 2.45) is 7.05 Å². The van der Waals surface area contributed by atoms with E-state index in [1.54, 1.807) is 16.7 Å². The minimum Gasteiger partial charge on any atom is -0.475 e. The summed E-state index contributed by atoms with van der Waals surface area (Å²) in [5, 5.41) is 9.62. The Morgan fingerprint density at radius 3 is 2.82 bits per heavy atom. The summed E-state index contributed by atoms with van der Waals surface area (Å²) >= 11 is 5.03. The van der Waals surface area contributed by atoms with Crippen LogP contribution < -0.4 is 10.1 Å². The van der Waals surface area contributed by atoms with Gasteiger partial charge in [-0.15, -0.1) is 0 Å². The number of carbonyl (C=O) groups excluding carboxylic acids is 1. The number of carbonyl (C=O) groups is 1. The number of pyridine rings is 1. The molecule has 118 valence electrons. The fourth-order valence-corrected chi connectivity index (χ4v) is 1.97. The van der Waals surface area contributed by atoms with Gasteiger partial charge in [-0.2, -0.15) is 5.10 Å². The largest absolute Gasteiger partial charge is 0.475 e. The first-order valence-electron chi connectivity index (χ1n) is 6.98. The van der Waals surface area contributed by atoms with Crippen molar-refractivity contribution >= 4 is 18.1 Å². The second-order valence-electron chi connectivity index (χ2n) is 5.06. The Bertz CT molecular complexity index is 690. The number of hydrogen-bond donors (Lipinski definition) is 2. The Balaban J connectivity index is 1.87. The highest BCUT2D eigenvalue weighted by molar-refractivity contribution is 7.71. The molecule has 0 aromatic carbocycles. The summed E-state index contributed by atoms with van der Waals surface area (Å²) in [6.07, 6.45) is 2.15. The normalized spacial score (nSPS) is 10.7. The molecule has 2 aromatic heterocycles. The molecule has 0 aliphatic carbocycles. The van der Waals surface area contributed by atoms with Gasteiger partial charge >= 0.3 is 0 Å². The number of rotatable bonds is 6. The Labute approximate surface area is 133 Å². The summed E-state index contributed by atoms with van der Waals surface area (Å²) in [7, 11) is 1.83. The van der Waals surface area contributed by atoms with Gasteiger partial charge in [-0.1, -0.05) is 0 Å². The molecule has 2 N–H and O–H groups in total. The highest BCUT2D eigenvalue weighted by Crippen LogP contribution is 2.09. The van der Waals surface area contributed by atoms with Crippen molar-refractivity contribution in [1.29, 1.82) is 0 Å². The van der Waals surface area contributed by atoms with Crippen LogP contribution in [0.2, 0.25) is 0 Å². The van der Waals surface area contributed by atoms with Crippen LogP contribution in [-0.2, 0) is 13.5 Å². The fourth-order valence-electron chi connectivity index (χ4n) is 1.82. The zero-order chi connectivity index (χ0) is 16.1. The summed E-state index contributed by atoms with van der Waals surface area (Å²) in [4.78, 5) is 16.1. The van der Waals surface area contributed by atoms with Gasteiger partial charge in [0.2, 0.25) is 5.88 Å². The van der Waals surface area contributed by atoms with Crippen molar-refractivity contribution < 1.29 is 9.53 Å². The van der Waals surface area contributed by atoms with E-state index >= 15 is 0 Å². The van der Waals surface area contributed by atoms with Crippen LogP contribution in [0, 0.1) is 4.77 Å². The summed E-state index contributed by atoms with van der Waals surface area (Å²) < 4.78 is 7.78. The Hall–Kier alpha value is -2.22. The first-order valence-corrected chi connectivity index (χ1v) is 7.39. The molecule has 0 spiro atoms. The average molecular weight is 321 g/mol. The lowest BCUT2D eigenvalue weighted by Crippen LogP contribution is -2.26. The van der Waals surface area contributed by atoms with Crippen molar-refractivity contribution in [3.8, 4) is 5.88 Å². The van der Waals surface area contributed by atoms with Crippen LogP contribution in [0.1, 0.15) is 30.0 Å². The van der Waals surface area contributed by atoms with Crippen molar-refractivity contribution in [1.82, 2.24) is 25.1 Å². The molecule has 0 saturated carbocycles. The standard InChI is InChI=1S/C14H19N5O2S/c1-9(2)21-12-5-4-10(8-16-12)13(20)15-7-6-11-17-18-14(22)19(11)3/h4-5,8-9H,6-7H2,1-3H3,(H,15,20)(H,18,22). The smallest absolute Gasteiger partial charge is 0.252 e. The van der Waals surface area contributed by atoms with E-state index in [0.29, 0.717) is 29.2 Å². The molecule has 0 unspecified atom stereocenters. The Kier molecular flexibility index (Phi) is 5.26. The van der Waals surface area contributed by atoms with Gasteiger partial charge in [0.25, 0.3) is 5.91 Å². The summed E-state index contributed by atoms with van der Waals surface area (Å²) in [5.74, 6) is 1.12. The van der Waals surface area contributed by atoms with E-state index in [4.69, 9.17) is 17.0 Å². The Morgan fingerprint density at radius 2 is 2.27 bits per heavy atom. The summed E-state index contributed by atoms with van der Waals surface area (Å²) in [6.45, 7) is 4.31. The molecular weight excluding hydrogens is 302 g/mol. The average Bonchev–Trinajstić information content (AvgIpc) is 2.79. The molecule has 0 bridgehead atoms. The number of amides is 1. The lowest BCUT2D eigenvalue weighted by Gasteiger charge is -2.09. The van der Waals surface area contributed by atoms with Crippen LogP contribution in [0.5, 0.6) is 5.88 Å². The van der Waals surface area contributed by atoms with Crippen molar-refractivity contribution in [2.75, 3.05) is 6.54 Å². The van der Waals surface area contributed by atoms with E-state index in [9.17, 15) is 4.79 Å². The molecule has 1 amide bonds. The molecule has 0 radical (unpaired) electrons. The second kappa shape index (κ2) is 7.17. The number of aromatic amines is 1. The zero-order valence-electron chi connectivity index (χ0n) is 12.8. The molecular formula is C14H19N5O2S. The van der Waals surface area contributed by atoms with Gasteiger partial charge < -0.3 is 14.6 Å². The third-order valence-corrected chi connectivity index (χ3v) is 3.33. The predicted molar refractivity (Wildman–Crippen MR) is 84.4 cm³/mol. The van der Waals surface area contributed by atoms with E-state index in [1.807, 2.05) is 20.9 Å². The number of H-pyrrole nitrogens is 1. The van der Waals surface area contributed by atoms with E-state index < -0.39 is 0 Å². The van der Waals surface area contributed by atoms with Gasteiger partial charge in [0.05, 0.1) is 11.7 Å². The van der Waals surface area contributed by atoms with Gasteiger partial charge in [0.15, 0.2) is 4.77 Å². The third kappa shape index (κ3) is 4.14.